The van der Waals surface area contributed by atoms with Crippen LogP contribution >= 0.6 is 0 Å². The first-order chi connectivity index (χ1) is 7.76. The van der Waals surface area contributed by atoms with E-state index in [1.807, 2.05) is 13.8 Å². The second kappa shape index (κ2) is 8.04. The Morgan fingerprint density at radius 1 is 1.12 bits per heavy atom. The van der Waals surface area contributed by atoms with Gasteiger partial charge in [0.2, 0.25) is 0 Å². The predicted molar refractivity (Wildman–Crippen MR) is 66.5 cm³/mol. The van der Waals surface area contributed by atoms with E-state index >= 15 is 0 Å². The Balaban J connectivity index is 2.31. The fraction of sp³-hybridized carbons (Fsp3) is 1.00. The summed E-state index contributed by atoms with van der Waals surface area (Å²) in [5, 5.41) is 0. The van der Waals surface area contributed by atoms with Gasteiger partial charge in [-0.25, -0.2) is 0 Å². The molecule has 1 saturated heterocycles. The van der Waals surface area contributed by atoms with Gasteiger partial charge in [0.05, 0.1) is 0 Å². The van der Waals surface area contributed by atoms with Gasteiger partial charge in [0.25, 0.3) is 0 Å². The van der Waals surface area contributed by atoms with Crippen molar-refractivity contribution in [1.29, 1.82) is 0 Å². The van der Waals surface area contributed by atoms with Gasteiger partial charge < -0.3 is 9.47 Å². The molecule has 1 heterocycles. The lowest BCUT2D eigenvalue weighted by Crippen LogP contribution is -2.36. The highest BCUT2D eigenvalue weighted by Crippen LogP contribution is 2.16. The van der Waals surface area contributed by atoms with Gasteiger partial charge in [-0.1, -0.05) is 6.92 Å². The topological polar surface area (TPSA) is 21.7 Å². The minimum Gasteiger partial charge on any atom is -0.352 e. The van der Waals surface area contributed by atoms with Gasteiger partial charge in [0.15, 0.2) is 6.29 Å². The molecule has 1 aliphatic rings. The number of hydrogen-bond acceptors (Lipinski definition) is 3. The molecule has 0 N–H and O–H groups in total. The van der Waals surface area contributed by atoms with Crippen LogP contribution in [0.4, 0.5) is 0 Å². The van der Waals surface area contributed by atoms with E-state index in [2.05, 4.69) is 11.8 Å². The van der Waals surface area contributed by atoms with E-state index in [0.29, 0.717) is 0 Å². The molecular formula is C13H27NO2. The minimum atomic E-state index is -0.0385. The fourth-order valence-corrected chi connectivity index (χ4v) is 2.24. The van der Waals surface area contributed by atoms with Crippen molar-refractivity contribution in [1.82, 2.24) is 4.90 Å². The Morgan fingerprint density at radius 2 is 1.81 bits per heavy atom. The lowest BCUT2D eigenvalue weighted by atomic mass is 10.0. The lowest BCUT2D eigenvalue weighted by Gasteiger charge is -2.25. The summed E-state index contributed by atoms with van der Waals surface area (Å²) in [6, 6.07) is 0. The fourth-order valence-electron chi connectivity index (χ4n) is 2.24. The summed E-state index contributed by atoms with van der Waals surface area (Å²) in [6.07, 6.45) is 3.95. The number of hydrogen-bond donors (Lipinski definition) is 0. The Morgan fingerprint density at radius 3 is 2.44 bits per heavy atom. The van der Waals surface area contributed by atoms with Gasteiger partial charge in [-0.05, 0) is 52.1 Å². The molecule has 1 fully saturated rings. The average Bonchev–Trinajstić information content (AvgIpc) is 2.45. The summed E-state index contributed by atoms with van der Waals surface area (Å²) in [5.74, 6) is 0.877. The number of ether oxygens (including phenoxy) is 2. The van der Waals surface area contributed by atoms with Crippen LogP contribution < -0.4 is 0 Å². The first-order valence-corrected chi connectivity index (χ1v) is 6.71. The van der Waals surface area contributed by atoms with Gasteiger partial charge in [-0.3, -0.25) is 4.90 Å². The molecule has 1 atom stereocenters. The molecule has 96 valence electrons. The number of likely N-dealkylation sites (tertiary alicyclic amines) is 1. The highest BCUT2D eigenvalue weighted by Gasteiger charge is 2.18. The van der Waals surface area contributed by atoms with Crippen molar-refractivity contribution in [2.45, 2.75) is 46.3 Å². The largest absolute Gasteiger partial charge is 0.352 e. The lowest BCUT2D eigenvalue weighted by molar-refractivity contribution is -0.147. The average molecular weight is 229 g/mol. The molecule has 1 rings (SSSR count). The Bertz CT molecular complexity index is 169. The van der Waals surface area contributed by atoms with Crippen LogP contribution in [0.2, 0.25) is 0 Å². The first kappa shape index (κ1) is 13.9. The molecule has 0 aliphatic carbocycles. The van der Waals surface area contributed by atoms with Crippen LogP contribution in [-0.4, -0.2) is 44.0 Å². The van der Waals surface area contributed by atoms with Crippen LogP contribution in [0.25, 0.3) is 0 Å². The van der Waals surface area contributed by atoms with Crippen molar-refractivity contribution in [3.8, 4) is 0 Å². The maximum Gasteiger partial charge on any atom is 0.170 e. The van der Waals surface area contributed by atoms with Crippen LogP contribution in [0, 0.1) is 5.92 Å². The second-order valence-corrected chi connectivity index (χ2v) is 4.68. The Kier molecular flexibility index (Phi) is 7.01. The monoisotopic (exact) mass is 229 g/mol. The van der Waals surface area contributed by atoms with Gasteiger partial charge in [0.1, 0.15) is 0 Å². The Labute approximate surface area is 100 Å². The molecule has 16 heavy (non-hydrogen) atoms. The molecule has 0 aromatic carbocycles. The van der Waals surface area contributed by atoms with E-state index in [-0.39, 0.29) is 6.29 Å². The zero-order valence-electron chi connectivity index (χ0n) is 11.1. The molecule has 0 saturated carbocycles. The van der Waals surface area contributed by atoms with Gasteiger partial charge in [-0.15, -0.1) is 0 Å². The van der Waals surface area contributed by atoms with E-state index in [0.717, 1.165) is 25.7 Å². The SMILES string of the molecule is CCOC(CN1CCCC(C)CC1)OCC. The minimum absolute atomic E-state index is 0.0385. The molecular weight excluding hydrogens is 202 g/mol. The molecule has 0 aromatic heterocycles. The Hall–Kier alpha value is -0.120. The summed E-state index contributed by atoms with van der Waals surface area (Å²) < 4.78 is 11.2. The second-order valence-electron chi connectivity index (χ2n) is 4.68. The van der Waals surface area contributed by atoms with Gasteiger partial charge in [-0.2, -0.15) is 0 Å². The summed E-state index contributed by atoms with van der Waals surface area (Å²) in [4.78, 5) is 2.49. The van der Waals surface area contributed by atoms with Crippen LogP contribution in [0.3, 0.4) is 0 Å². The van der Waals surface area contributed by atoms with E-state index in [1.54, 1.807) is 0 Å². The zero-order valence-corrected chi connectivity index (χ0v) is 11.1. The quantitative estimate of drug-likeness (QED) is 0.653. The smallest absolute Gasteiger partial charge is 0.170 e. The van der Waals surface area contributed by atoms with E-state index in [1.165, 1.54) is 32.4 Å². The third-order valence-corrected chi connectivity index (χ3v) is 3.22. The normalized spacial score (nSPS) is 23.6. The van der Waals surface area contributed by atoms with Crippen LogP contribution in [0.1, 0.15) is 40.0 Å². The molecule has 0 amide bonds. The van der Waals surface area contributed by atoms with Crippen LogP contribution in [0.5, 0.6) is 0 Å². The van der Waals surface area contributed by atoms with Crippen LogP contribution in [0.15, 0.2) is 0 Å². The highest BCUT2D eigenvalue weighted by molar-refractivity contribution is 4.68. The van der Waals surface area contributed by atoms with Gasteiger partial charge >= 0.3 is 0 Å². The molecule has 1 unspecified atom stereocenters. The summed E-state index contributed by atoms with van der Waals surface area (Å²) in [7, 11) is 0. The van der Waals surface area contributed by atoms with E-state index in [9.17, 15) is 0 Å². The number of rotatable bonds is 6. The third-order valence-electron chi connectivity index (χ3n) is 3.22. The van der Waals surface area contributed by atoms with E-state index < -0.39 is 0 Å². The van der Waals surface area contributed by atoms with Crippen molar-refractivity contribution in [2.75, 3.05) is 32.8 Å². The molecule has 0 aromatic rings. The maximum absolute atomic E-state index is 5.59. The van der Waals surface area contributed by atoms with Crippen molar-refractivity contribution in [3.05, 3.63) is 0 Å². The third kappa shape index (κ3) is 5.28. The summed E-state index contributed by atoms with van der Waals surface area (Å²) in [6.45, 7) is 11.2. The van der Waals surface area contributed by atoms with Crippen molar-refractivity contribution in [2.24, 2.45) is 5.92 Å². The van der Waals surface area contributed by atoms with E-state index in [4.69, 9.17) is 9.47 Å². The predicted octanol–water partition coefficient (Wildman–Crippen LogP) is 2.51. The van der Waals surface area contributed by atoms with Crippen molar-refractivity contribution in [3.63, 3.8) is 0 Å². The molecule has 0 spiro atoms. The summed E-state index contributed by atoms with van der Waals surface area (Å²) >= 11 is 0. The molecule has 3 nitrogen and oxygen atoms in total. The van der Waals surface area contributed by atoms with Gasteiger partial charge in [0, 0.05) is 19.8 Å². The van der Waals surface area contributed by atoms with Crippen LogP contribution in [-0.2, 0) is 9.47 Å². The highest BCUT2D eigenvalue weighted by atomic mass is 16.7. The molecule has 1 aliphatic heterocycles. The van der Waals surface area contributed by atoms with Crippen molar-refractivity contribution >= 4 is 0 Å². The molecule has 3 heteroatoms. The van der Waals surface area contributed by atoms with Crippen molar-refractivity contribution < 1.29 is 9.47 Å². The summed E-state index contributed by atoms with van der Waals surface area (Å²) in [5.41, 5.74) is 0. The zero-order chi connectivity index (χ0) is 11.8. The first-order valence-electron chi connectivity index (χ1n) is 6.71. The number of nitrogens with zero attached hydrogens (tertiary/aromatic N) is 1. The standard InChI is InChI=1S/C13H27NO2/c1-4-15-13(16-5-2)11-14-9-6-7-12(3)8-10-14/h12-13H,4-11H2,1-3H3. The molecule has 0 radical (unpaired) electrons. The maximum atomic E-state index is 5.59. The molecule has 0 bridgehead atoms.